The average molecular weight is 306 g/mol. The molecule has 3 nitrogen and oxygen atoms in total. The summed E-state index contributed by atoms with van der Waals surface area (Å²) < 4.78 is 0.594. The molecule has 1 amide bonds. The molecular formula is C15H12ClNO2S. The fraction of sp³-hybridized carbons (Fsp3) is 0.0667. The minimum Gasteiger partial charge on any atom is -0.355 e. The van der Waals surface area contributed by atoms with Gasteiger partial charge in [0.25, 0.3) is 5.91 Å². The van der Waals surface area contributed by atoms with Gasteiger partial charge in [0.05, 0.1) is 9.21 Å². The van der Waals surface area contributed by atoms with Gasteiger partial charge in [0.1, 0.15) is 0 Å². The Bertz CT molecular complexity index is 659. The Morgan fingerprint density at radius 2 is 1.85 bits per heavy atom. The SMILES string of the molecule is CNC(=O)c1ccc(/C=C/C(=O)c2ccc(Cl)s2)cc1. The Balaban J connectivity index is 2.08. The first-order valence-corrected chi connectivity index (χ1v) is 7.09. The third kappa shape index (κ3) is 3.56. The van der Waals surface area contributed by atoms with Gasteiger partial charge in [-0.25, -0.2) is 0 Å². The molecule has 1 aromatic carbocycles. The van der Waals surface area contributed by atoms with E-state index in [2.05, 4.69) is 5.32 Å². The van der Waals surface area contributed by atoms with Crippen LogP contribution in [0.2, 0.25) is 4.34 Å². The van der Waals surface area contributed by atoms with Gasteiger partial charge >= 0.3 is 0 Å². The van der Waals surface area contributed by atoms with Crippen molar-refractivity contribution in [2.75, 3.05) is 7.05 Å². The fourth-order valence-corrected chi connectivity index (χ4v) is 2.55. The highest BCUT2D eigenvalue weighted by Gasteiger charge is 2.05. The van der Waals surface area contributed by atoms with Crippen LogP contribution in [-0.4, -0.2) is 18.7 Å². The molecule has 0 spiro atoms. The van der Waals surface area contributed by atoms with Gasteiger partial charge in [-0.2, -0.15) is 0 Å². The van der Waals surface area contributed by atoms with Crippen molar-refractivity contribution in [1.82, 2.24) is 5.32 Å². The third-order valence-electron chi connectivity index (χ3n) is 2.64. The van der Waals surface area contributed by atoms with E-state index in [4.69, 9.17) is 11.6 Å². The largest absolute Gasteiger partial charge is 0.355 e. The number of benzene rings is 1. The van der Waals surface area contributed by atoms with E-state index in [1.54, 1.807) is 49.5 Å². The second-order valence-corrected chi connectivity index (χ2v) is 5.72. The van der Waals surface area contributed by atoms with Crippen LogP contribution in [0.15, 0.2) is 42.5 Å². The van der Waals surface area contributed by atoms with Crippen LogP contribution in [0.3, 0.4) is 0 Å². The van der Waals surface area contributed by atoms with E-state index in [-0.39, 0.29) is 11.7 Å². The van der Waals surface area contributed by atoms with Gasteiger partial charge < -0.3 is 5.32 Å². The molecule has 0 fully saturated rings. The van der Waals surface area contributed by atoms with Gasteiger partial charge in [-0.1, -0.05) is 29.8 Å². The Kier molecular flexibility index (Phi) is 4.71. The summed E-state index contributed by atoms with van der Waals surface area (Å²) in [6, 6.07) is 10.4. The predicted octanol–water partition coefficient (Wildman–Crippen LogP) is 3.66. The summed E-state index contributed by atoms with van der Waals surface area (Å²) in [5.74, 6) is -0.220. The smallest absolute Gasteiger partial charge is 0.251 e. The van der Waals surface area contributed by atoms with Crippen molar-refractivity contribution in [2.45, 2.75) is 0 Å². The molecule has 1 heterocycles. The molecule has 2 rings (SSSR count). The third-order valence-corrected chi connectivity index (χ3v) is 3.89. The molecule has 0 aliphatic rings. The van der Waals surface area contributed by atoms with Crippen LogP contribution in [0.1, 0.15) is 25.6 Å². The molecule has 0 bridgehead atoms. The summed E-state index contributed by atoms with van der Waals surface area (Å²) in [6.07, 6.45) is 3.21. The number of thiophene rings is 1. The molecule has 0 aliphatic heterocycles. The Labute approximate surface area is 125 Å². The Morgan fingerprint density at radius 3 is 2.40 bits per heavy atom. The maximum atomic E-state index is 11.9. The van der Waals surface area contributed by atoms with Crippen LogP contribution in [0.25, 0.3) is 6.08 Å². The number of nitrogens with one attached hydrogen (secondary N) is 1. The molecule has 102 valence electrons. The van der Waals surface area contributed by atoms with Crippen LogP contribution in [0, 0.1) is 0 Å². The van der Waals surface area contributed by atoms with E-state index in [9.17, 15) is 9.59 Å². The van der Waals surface area contributed by atoms with Crippen molar-refractivity contribution < 1.29 is 9.59 Å². The summed E-state index contributed by atoms with van der Waals surface area (Å²) in [5.41, 5.74) is 1.44. The molecular weight excluding hydrogens is 294 g/mol. The monoisotopic (exact) mass is 305 g/mol. The highest BCUT2D eigenvalue weighted by molar-refractivity contribution is 7.18. The number of allylic oxidation sites excluding steroid dienone is 1. The van der Waals surface area contributed by atoms with Gasteiger partial charge in [0.15, 0.2) is 5.78 Å². The lowest BCUT2D eigenvalue weighted by Gasteiger charge is -1.99. The summed E-state index contributed by atoms with van der Waals surface area (Å²) >= 11 is 7.04. The molecule has 0 saturated heterocycles. The number of carbonyl (C=O) groups excluding carboxylic acids is 2. The number of rotatable bonds is 4. The van der Waals surface area contributed by atoms with Gasteiger partial charge in [0.2, 0.25) is 0 Å². The quantitative estimate of drug-likeness (QED) is 0.692. The van der Waals surface area contributed by atoms with Crippen LogP contribution in [-0.2, 0) is 0 Å². The minimum atomic E-state index is -0.134. The zero-order valence-electron chi connectivity index (χ0n) is 10.7. The second-order valence-electron chi connectivity index (χ2n) is 4.00. The number of carbonyl (C=O) groups is 2. The number of ketones is 1. The van der Waals surface area contributed by atoms with Gasteiger partial charge in [-0.15, -0.1) is 11.3 Å². The average Bonchev–Trinajstić information content (AvgIpc) is 2.91. The normalized spacial score (nSPS) is 10.7. The van der Waals surface area contributed by atoms with Crippen molar-refractivity contribution in [3.8, 4) is 0 Å². The van der Waals surface area contributed by atoms with E-state index in [1.165, 1.54) is 17.4 Å². The number of hydrogen-bond donors (Lipinski definition) is 1. The first-order chi connectivity index (χ1) is 9.60. The first kappa shape index (κ1) is 14.5. The van der Waals surface area contributed by atoms with Gasteiger partial charge in [-0.3, -0.25) is 9.59 Å². The van der Waals surface area contributed by atoms with Crippen LogP contribution < -0.4 is 5.32 Å². The predicted molar refractivity (Wildman–Crippen MR) is 82.5 cm³/mol. The molecule has 2 aromatic rings. The highest BCUT2D eigenvalue weighted by Crippen LogP contribution is 2.22. The Morgan fingerprint density at radius 1 is 1.15 bits per heavy atom. The molecule has 0 unspecified atom stereocenters. The maximum absolute atomic E-state index is 11.9. The van der Waals surface area contributed by atoms with E-state index in [0.717, 1.165) is 5.56 Å². The van der Waals surface area contributed by atoms with E-state index < -0.39 is 0 Å². The van der Waals surface area contributed by atoms with E-state index >= 15 is 0 Å². The summed E-state index contributed by atoms with van der Waals surface area (Å²) in [5, 5.41) is 2.55. The van der Waals surface area contributed by atoms with Crippen LogP contribution in [0.5, 0.6) is 0 Å². The molecule has 1 aromatic heterocycles. The molecule has 1 N–H and O–H groups in total. The topological polar surface area (TPSA) is 46.2 Å². The molecule has 0 aliphatic carbocycles. The van der Waals surface area contributed by atoms with Crippen molar-refractivity contribution in [1.29, 1.82) is 0 Å². The van der Waals surface area contributed by atoms with Crippen LogP contribution in [0.4, 0.5) is 0 Å². The van der Waals surface area contributed by atoms with Crippen LogP contribution >= 0.6 is 22.9 Å². The second kappa shape index (κ2) is 6.50. The summed E-state index contributed by atoms with van der Waals surface area (Å²) in [6.45, 7) is 0. The molecule has 5 heteroatoms. The summed E-state index contributed by atoms with van der Waals surface area (Å²) in [7, 11) is 1.58. The lowest BCUT2D eigenvalue weighted by Crippen LogP contribution is -2.17. The van der Waals surface area contributed by atoms with Crippen molar-refractivity contribution >= 4 is 40.7 Å². The van der Waals surface area contributed by atoms with Crippen molar-refractivity contribution in [3.63, 3.8) is 0 Å². The lowest BCUT2D eigenvalue weighted by atomic mass is 10.1. The zero-order chi connectivity index (χ0) is 14.5. The standard InChI is InChI=1S/C15H12ClNO2S/c1-17-15(19)11-5-2-10(3-6-11)4-7-12(18)13-8-9-14(16)20-13/h2-9H,1H3,(H,17,19)/b7-4+. The van der Waals surface area contributed by atoms with Crippen molar-refractivity contribution in [3.05, 3.63) is 62.8 Å². The summed E-state index contributed by atoms with van der Waals surface area (Å²) in [4.78, 5) is 23.8. The fourth-order valence-electron chi connectivity index (χ4n) is 1.59. The number of amides is 1. The molecule has 20 heavy (non-hydrogen) atoms. The highest BCUT2D eigenvalue weighted by atomic mass is 35.5. The Hall–Kier alpha value is -1.91. The number of halogens is 1. The van der Waals surface area contributed by atoms with Gasteiger partial charge in [0, 0.05) is 12.6 Å². The van der Waals surface area contributed by atoms with Crippen molar-refractivity contribution in [2.24, 2.45) is 0 Å². The zero-order valence-corrected chi connectivity index (χ0v) is 12.3. The molecule has 0 radical (unpaired) electrons. The molecule has 0 atom stereocenters. The van der Waals surface area contributed by atoms with E-state index in [1.807, 2.05) is 0 Å². The van der Waals surface area contributed by atoms with Gasteiger partial charge in [-0.05, 0) is 35.9 Å². The lowest BCUT2D eigenvalue weighted by molar-refractivity contribution is 0.0962. The first-order valence-electron chi connectivity index (χ1n) is 5.90. The minimum absolute atomic E-state index is 0.0859. The van der Waals surface area contributed by atoms with E-state index in [0.29, 0.717) is 14.8 Å². The number of hydrogen-bond acceptors (Lipinski definition) is 3. The molecule has 0 saturated carbocycles. The maximum Gasteiger partial charge on any atom is 0.251 e.